The summed E-state index contributed by atoms with van der Waals surface area (Å²) >= 11 is 0. The predicted molar refractivity (Wildman–Crippen MR) is 71.7 cm³/mol. The van der Waals surface area contributed by atoms with Gasteiger partial charge in [0.05, 0.1) is 0 Å². The number of carbonyl (C=O) groups is 1. The zero-order valence-corrected chi connectivity index (χ0v) is 11.7. The number of Topliss-reactive ketones (excluding diaryl/α,β-unsaturated/α-hetero) is 1. The van der Waals surface area contributed by atoms with Crippen LogP contribution in [0.2, 0.25) is 0 Å². The van der Waals surface area contributed by atoms with Gasteiger partial charge in [0.25, 0.3) is 0 Å². The first-order valence-corrected chi connectivity index (χ1v) is 7.18. The van der Waals surface area contributed by atoms with E-state index in [-0.39, 0.29) is 5.92 Å². The van der Waals surface area contributed by atoms with Gasteiger partial charge in [-0.2, -0.15) is 0 Å². The van der Waals surface area contributed by atoms with Crippen LogP contribution in [0.5, 0.6) is 0 Å². The Labute approximate surface area is 106 Å². The minimum atomic E-state index is 0.247. The molecular weight excluding hydrogens is 208 g/mol. The topological polar surface area (TPSA) is 17.1 Å². The Hall–Kier alpha value is -0.590. The Balaban J connectivity index is 2.22. The molecule has 0 aromatic carbocycles. The summed E-state index contributed by atoms with van der Waals surface area (Å²) < 4.78 is 0. The van der Waals surface area contributed by atoms with Gasteiger partial charge in [-0.15, -0.1) is 0 Å². The highest BCUT2D eigenvalue weighted by molar-refractivity contribution is 5.78. The number of allylic oxidation sites excluding steroid dienone is 2. The van der Waals surface area contributed by atoms with E-state index in [1.54, 1.807) is 12.5 Å². The average molecular weight is 234 g/mol. The standard InChI is InChI=1S/C16H26O/c1-10-5-7-14-11(2)6-8-15(16(14)9-10)12(3)13(4)17/h9,11-12,14-16H,5-8H2,1-4H3/t11-,12+,14+,15+,16+/m1/s1. The summed E-state index contributed by atoms with van der Waals surface area (Å²) in [5, 5.41) is 0. The first kappa shape index (κ1) is 12.9. The van der Waals surface area contributed by atoms with Crippen molar-refractivity contribution in [2.24, 2.45) is 29.6 Å². The molecule has 2 aliphatic carbocycles. The minimum absolute atomic E-state index is 0.247. The zero-order chi connectivity index (χ0) is 12.6. The van der Waals surface area contributed by atoms with Crippen LogP contribution in [0.4, 0.5) is 0 Å². The Morgan fingerprint density at radius 3 is 2.71 bits per heavy atom. The van der Waals surface area contributed by atoms with Crippen molar-refractivity contribution in [2.45, 2.75) is 53.4 Å². The highest BCUT2D eigenvalue weighted by atomic mass is 16.1. The van der Waals surface area contributed by atoms with Gasteiger partial charge >= 0.3 is 0 Å². The van der Waals surface area contributed by atoms with E-state index in [0.717, 1.165) is 11.8 Å². The van der Waals surface area contributed by atoms with Gasteiger partial charge in [0.1, 0.15) is 5.78 Å². The SMILES string of the molecule is CC(=O)[C@H](C)[C@@H]1CC[C@@H](C)[C@@H]2CCC(C)=C[C@@H]21. The predicted octanol–water partition coefficient (Wildman–Crippen LogP) is 4.23. The van der Waals surface area contributed by atoms with Crippen molar-refractivity contribution >= 4 is 5.78 Å². The van der Waals surface area contributed by atoms with E-state index < -0.39 is 0 Å². The third-order valence-corrected chi connectivity index (χ3v) is 5.31. The fourth-order valence-corrected chi connectivity index (χ4v) is 3.97. The Morgan fingerprint density at radius 1 is 1.35 bits per heavy atom. The van der Waals surface area contributed by atoms with E-state index in [4.69, 9.17) is 0 Å². The highest BCUT2D eigenvalue weighted by Gasteiger charge is 2.40. The number of hydrogen-bond donors (Lipinski definition) is 0. The second-order valence-electron chi connectivity index (χ2n) is 6.41. The number of fused-ring (bicyclic) bond motifs is 1. The van der Waals surface area contributed by atoms with Gasteiger partial charge in [0.15, 0.2) is 0 Å². The van der Waals surface area contributed by atoms with Crippen LogP contribution in [0.1, 0.15) is 53.4 Å². The van der Waals surface area contributed by atoms with E-state index in [0.29, 0.717) is 17.6 Å². The third-order valence-electron chi connectivity index (χ3n) is 5.31. The third kappa shape index (κ3) is 2.48. The maximum atomic E-state index is 11.7. The minimum Gasteiger partial charge on any atom is -0.300 e. The van der Waals surface area contributed by atoms with E-state index in [1.165, 1.54) is 25.7 Å². The van der Waals surface area contributed by atoms with Crippen molar-refractivity contribution in [3.8, 4) is 0 Å². The highest BCUT2D eigenvalue weighted by Crippen LogP contribution is 2.47. The molecule has 17 heavy (non-hydrogen) atoms. The van der Waals surface area contributed by atoms with Crippen molar-refractivity contribution in [3.05, 3.63) is 11.6 Å². The molecule has 96 valence electrons. The molecule has 1 nitrogen and oxygen atoms in total. The Bertz CT molecular complexity index is 328. The molecule has 1 heteroatoms. The Morgan fingerprint density at radius 2 is 2.06 bits per heavy atom. The van der Waals surface area contributed by atoms with E-state index in [2.05, 4.69) is 26.8 Å². The van der Waals surface area contributed by atoms with Crippen LogP contribution in [-0.2, 0) is 4.79 Å². The van der Waals surface area contributed by atoms with Crippen LogP contribution >= 0.6 is 0 Å². The smallest absolute Gasteiger partial charge is 0.132 e. The monoisotopic (exact) mass is 234 g/mol. The number of carbonyl (C=O) groups excluding carboxylic acids is 1. The van der Waals surface area contributed by atoms with Gasteiger partial charge in [-0.3, -0.25) is 4.79 Å². The lowest BCUT2D eigenvalue weighted by Gasteiger charge is -2.45. The van der Waals surface area contributed by atoms with Gasteiger partial charge in [0.2, 0.25) is 0 Å². The fraction of sp³-hybridized carbons (Fsp3) is 0.812. The van der Waals surface area contributed by atoms with Gasteiger partial charge < -0.3 is 0 Å². The van der Waals surface area contributed by atoms with Gasteiger partial charge in [0, 0.05) is 5.92 Å². The van der Waals surface area contributed by atoms with Crippen LogP contribution in [0.25, 0.3) is 0 Å². The van der Waals surface area contributed by atoms with Crippen molar-refractivity contribution in [3.63, 3.8) is 0 Å². The molecule has 0 spiro atoms. The summed E-state index contributed by atoms with van der Waals surface area (Å²) in [4.78, 5) is 11.7. The van der Waals surface area contributed by atoms with E-state index in [1.807, 2.05) is 0 Å². The van der Waals surface area contributed by atoms with Gasteiger partial charge in [-0.1, -0.05) is 31.9 Å². The van der Waals surface area contributed by atoms with Crippen LogP contribution in [0.15, 0.2) is 11.6 Å². The van der Waals surface area contributed by atoms with Crippen LogP contribution in [-0.4, -0.2) is 5.78 Å². The molecule has 0 amide bonds. The molecule has 0 bridgehead atoms. The van der Waals surface area contributed by atoms with Gasteiger partial charge in [-0.05, 0) is 56.8 Å². The molecular formula is C16H26O. The largest absolute Gasteiger partial charge is 0.300 e. The lowest BCUT2D eigenvalue weighted by Crippen LogP contribution is -2.39. The van der Waals surface area contributed by atoms with Crippen molar-refractivity contribution < 1.29 is 4.79 Å². The van der Waals surface area contributed by atoms with Crippen LogP contribution in [0, 0.1) is 29.6 Å². The molecule has 0 aliphatic heterocycles. The van der Waals surface area contributed by atoms with E-state index in [9.17, 15) is 4.79 Å². The quantitative estimate of drug-likeness (QED) is 0.653. The zero-order valence-electron chi connectivity index (χ0n) is 11.7. The second-order valence-corrected chi connectivity index (χ2v) is 6.41. The first-order valence-electron chi connectivity index (χ1n) is 7.18. The average Bonchev–Trinajstić information content (AvgIpc) is 2.28. The molecule has 0 saturated heterocycles. The molecule has 0 heterocycles. The van der Waals surface area contributed by atoms with Crippen LogP contribution < -0.4 is 0 Å². The number of rotatable bonds is 2. The molecule has 2 rings (SSSR count). The molecule has 0 unspecified atom stereocenters. The number of hydrogen-bond acceptors (Lipinski definition) is 1. The maximum absolute atomic E-state index is 11.7. The number of ketones is 1. The molecule has 2 aliphatic rings. The lowest BCUT2D eigenvalue weighted by molar-refractivity contribution is -0.123. The van der Waals surface area contributed by atoms with Crippen molar-refractivity contribution in [2.75, 3.05) is 0 Å². The lowest BCUT2D eigenvalue weighted by atomic mass is 9.60. The summed E-state index contributed by atoms with van der Waals surface area (Å²) in [7, 11) is 0. The summed E-state index contributed by atoms with van der Waals surface area (Å²) in [6, 6.07) is 0. The molecule has 5 atom stereocenters. The molecule has 0 radical (unpaired) electrons. The van der Waals surface area contributed by atoms with Gasteiger partial charge in [-0.25, -0.2) is 0 Å². The normalized spacial score (nSPS) is 39.2. The summed E-state index contributed by atoms with van der Waals surface area (Å²) in [6.45, 7) is 8.56. The summed E-state index contributed by atoms with van der Waals surface area (Å²) in [6.07, 6.45) is 7.67. The molecule has 1 saturated carbocycles. The molecule has 0 aromatic heterocycles. The Kier molecular flexibility index (Phi) is 3.75. The van der Waals surface area contributed by atoms with Crippen molar-refractivity contribution in [1.82, 2.24) is 0 Å². The second kappa shape index (κ2) is 4.96. The van der Waals surface area contributed by atoms with E-state index >= 15 is 0 Å². The van der Waals surface area contributed by atoms with Crippen molar-refractivity contribution in [1.29, 1.82) is 0 Å². The first-order chi connectivity index (χ1) is 8.00. The summed E-state index contributed by atoms with van der Waals surface area (Å²) in [5.41, 5.74) is 1.54. The summed E-state index contributed by atoms with van der Waals surface area (Å²) in [5.74, 6) is 3.58. The molecule has 0 N–H and O–H groups in total. The fourth-order valence-electron chi connectivity index (χ4n) is 3.97. The molecule has 0 aromatic rings. The molecule has 1 fully saturated rings. The maximum Gasteiger partial charge on any atom is 0.132 e. The van der Waals surface area contributed by atoms with Crippen LogP contribution in [0.3, 0.4) is 0 Å².